The minimum absolute atomic E-state index is 0. The number of halogens is 2. The Bertz CT molecular complexity index is 456. The van der Waals surface area contributed by atoms with Gasteiger partial charge in [-0.05, 0) is 23.1 Å². The Labute approximate surface area is 133 Å². The van der Waals surface area contributed by atoms with Gasteiger partial charge in [0.1, 0.15) is 0 Å². The highest BCUT2D eigenvalue weighted by atomic mass is 35.5. The van der Waals surface area contributed by atoms with E-state index in [1.54, 1.807) is 0 Å². The van der Waals surface area contributed by atoms with E-state index in [2.05, 4.69) is 31.0 Å². The third-order valence-corrected chi connectivity index (χ3v) is 3.83. The summed E-state index contributed by atoms with van der Waals surface area (Å²) in [5, 5.41) is 3.38. The minimum atomic E-state index is -0.302. The van der Waals surface area contributed by atoms with Gasteiger partial charge in [-0.1, -0.05) is 26.8 Å². The molecule has 0 aromatic heterocycles. The summed E-state index contributed by atoms with van der Waals surface area (Å²) in [4.78, 5) is 2.48. The molecule has 21 heavy (non-hydrogen) atoms. The van der Waals surface area contributed by atoms with Gasteiger partial charge >= 0.3 is 0 Å². The molecule has 1 aliphatic heterocycles. The van der Waals surface area contributed by atoms with Gasteiger partial charge in [0, 0.05) is 32.2 Å². The lowest BCUT2D eigenvalue weighted by Crippen LogP contribution is -2.48. The average molecular weight is 317 g/mol. The highest BCUT2D eigenvalue weighted by molar-refractivity contribution is 5.85. The Balaban J connectivity index is 0.00000220. The Kier molecular flexibility index (Phi) is 6.44. The predicted molar refractivity (Wildman–Crippen MR) is 86.8 cm³/mol. The number of piperazine rings is 1. The molecule has 120 valence electrons. The van der Waals surface area contributed by atoms with Crippen molar-refractivity contribution in [3.8, 4) is 5.75 Å². The number of methoxy groups -OCH3 is 1. The molecular formula is C16H26ClFN2O. The van der Waals surface area contributed by atoms with Crippen molar-refractivity contribution in [3.05, 3.63) is 29.6 Å². The third-order valence-electron chi connectivity index (χ3n) is 3.83. The Morgan fingerprint density at radius 1 is 1.24 bits per heavy atom. The van der Waals surface area contributed by atoms with E-state index in [9.17, 15) is 4.39 Å². The zero-order valence-electron chi connectivity index (χ0n) is 13.3. The largest absolute Gasteiger partial charge is 0.494 e. The summed E-state index contributed by atoms with van der Waals surface area (Å²) in [6.45, 7) is 10.7. The first-order valence-corrected chi connectivity index (χ1v) is 7.21. The minimum Gasteiger partial charge on any atom is -0.494 e. The van der Waals surface area contributed by atoms with Crippen LogP contribution < -0.4 is 10.1 Å². The molecular weight excluding hydrogens is 291 g/mol. The van der Waals surface area contributed by atoms with Crippen LogP contribution in [0.15, 0.2) is 18.2 Å². The maximum absolute atomic E-state index is 13.6. The van der Waals surface area contributed by atoms with Gasteiger partial charge in [-0.2, -0.15) is 0 Å². The van der Waals surface area contributed by atoms with Crippen molar-refractivity contribution in [1.82, 2.24) is 10.2 Å². The van der Waals surface area contributed by atoms with Crippen LogP contribution >= 0.6 is 12.4 Å². The van der Waals surface area contributed by atoms with Gasteiger partial charge in [0.15, 0.2) is 11.6 Å². The van der Waals surface area contributed by atoms with Crippen LogP contribution in [0.3, 0.4) is 0 Å². The quantitative estimate of drug-likeness (QED) is 0.926. The highest BCUT2D eigenvalue weighted by Gasteiger charge is 2.32. The summed E-state index contributed by atoms with van der Waals surface area (Å²) in [6, 6.07) is 5.50. The monoisotopic (exact) mass is 316 g/mol. The van der Waals surface area contributed by atoms with Crippen molar-refractivity contribution >= 4 is 12.4 Å². The van der Waals surface area contributed by atoms with E-state index in [1.165, 1.54) is 13.2 Å². The number of nitrogens with zero attached hydrogens (tertiary/aromatic N) is 1. The fourth-order valence-electron chi connectivity index (χ4n) is 3.05. The summed E-state index contributed by atoms with van der Waals surface area (Å²) in [6.07, 6.45) is 0. The first kappa shape index (κ1) is 18.2. The molecule has 0 unspecified atom stereocenters. The molecule has 0 radical (unpaired) electrons. The highest BCUT2D eigenvalue weighted by Crippen LogP contribution is 2.39. The molecule has 1 saturated heterocycles. The second-order valence-electron chi connectivity index (χ2n) is 6.45. The number of hydrogen-bond acceptors (Lipinski definition) is 3. The first-order valence-electron chi connectivity index (χ1n) is 7.21. The van der Waals surface area contributed by atoms with Crippen LogP contribution in [0.1, 0.15) is 32.4 Å². The zero-order valence-corrected chi connectivity index (χ0v) is 14.1. The number of hydrogen-bond donors (Lipinski definition) is 1. The molecule has 1 N–H and O–H groups in total. The molecule has 0 saturated carbocycles. The maximum atomic E-state index is 13.6. The molecule has 1 heterocycles. The van der Waals surface area contributed by atoms with Gasteiger partial charge in [0.25, 0.3) is 0 Å². The lowest BCUT2D eigenvalue weighted by molar-refractivity contribution is 0.0860. The zero-order chi connectivity index (χ0) is 14.8. The Hall–Kier alpha value is -0.840. The van der Waals surface area contributed by atoms with E-state index in [4.69, 9.17) is 4.74 Å². The standard InChI is InChI=1S/C16H25FN2O.ClH/c1-16(2,3)15(19-9-7-18-8-10-19)12-5-6-13(17)14(11-12)20-4;/h5-6,11,15,18H,7-10H2,1-4H3;1H/t15-;/m1./s1. The van der Waals surface area contributed by atoms with Gasteiger partial charge in [-0.25, -0.2) is 4.39 Å². The Morgan fingerprint density at radius 2 is 1.86 bits per heavy atom. The van der Waals surface area contributed by atoms with Crippen molar-refractivity contribution < 1.29 is 9.13 Å². The van der Waals surface area contributed by atoms with Crippen molar-refractivity contribution in [3.63, 3.8) is 0 Å². The number of ether oxygens (including phenoxy) is 1. The van der Waals surface area contributed by atoms with Crippen LogP contribution in [0.25, 0.3) is 0 Å². The topological polar surface area (TPSA) is 24.5 Å². The molecule has 1 fully saturated rings. The molecule has 1 aromatic rings. The summed E-state index contributed by atoms with van der Waals surface area (Å²) in [7, 11) is 1.51. The predicted octanol–water partition coefficient (Wildman–Crippen LogP) is 3.25. The van der Waals surface area contributed by atoms with Gasteiger partial charge in [-0.3, -0.25) is 4.90 Å². The molecule has 0 aliphatic carbocycles. The van der Waals surface area contributed by atoms with Gasteiger partial charge in [0.2, 0.25) is 0 Å². The van der Waals surface area contributed by atoms with Crippen molar-refractivity contribution in [2.75, 3.05) is 33.3 Å². The SMILES string of the molecule is COc1cc([C@@H](N2CCNCC2)C(C)(C)C)ccc1F.Cl. The summed E-state index contributed by atoms with van der Waals surface area (Å²) >= 11 is 0. The van der Waals surface area contributed by atoms with E-state index >= 15 is 0 Å². The lowest BCUT2D eigenvalue weighted by atomic mass is 9.81. The molecule has 1 aliphatic rings. The van der Waals surface area contributed by atoms with E-state index in [0.29, 0.717) is 5.75 Å². The summed E-state index contributed by atoms with van der Waals surface area (Å²) in [5.74, 6) is 0.0242. The molecule has 5 heteroatoms. The molecule has 0 amide bonds. The van der Waals surface area contributed by atoms with Crippen LogP contribution in [-0.2, 0) is 0 Å². The van der Waals surface area contributed by atoms with E-state index in [0.717, 1.165) is 31.7 Å². The van der Waals surface area contributed by atoms with Crippen LogP contribution in [0.4, 0.5) is 4.39 Å². The smallest absolute Gasteiger partial charge is 0.165 e. The fraction of sp³-hybridized carbons (Fsp3) is 0.625. The van der Waals surface area contributed by atoms with Crippen LogP contribution in [0, 0.1) is 11.2 Å². The Morgan fingerprint density at radius 3 is 2.38 bits per heavy atom. The maximum Gasteiger partial charge on any atom is 0.165 e. The summed E-state index contributed by atoms with van der Waals surface area (Å²) < 4.78 is 18.8. The fourth-order valence-corrected chi connectivity index (χ4v) is 3.05. The lowest BCUT2D eigenvalue weighted by Gasteiger charge is -2.42. The number of rotatable bonds is 3. The average Bonchev–Trinajstić information content (AvgIpc) is 2.40. The molecule has 2 rings (SSSR count). The van der Waals surface area contributed by atoms with Crippen molar-refractivity contribution in [1.29, 1.82) is 0 Å². The second kappa shape index (κ2) is 7.43. The van der Waals surface area contributed by atoms with E-state index < -0.39 is 0 Å². The number of nitrogens with one attached hydrogen (secondary N) is 1. The van der Waals surface area contributed by atoms with Gasteiger partial charge < -0.3 is 10.1 Å². The molecule has 1 atom stereocenters. The second-order valence-corrected chi connectivity index (χ2v) is 6.45. The van der Waals surface area contributed by atoms with Gasteiger partial charge in [-0.15, -0.1) is 12.4 Å². The first-order chi connectivity index (χ1) is 9.43. The van der Waals surface area contributed by atoms with Crippen LogP contribution in [0.2, 0.25) is 0 Å². The van der Waals surface area contributed by atoms with E-state index in [1.807, 2.05) is 12.1 Å². The molecule has 1 aromatic carbocycles. The molecule has 0 bridgehead atoms. The van der Waals surface area contributed by atoms with Crippen molar-refractivity contribution in [2.45, 2.75) is 26.8 Å². The van der Waals surface area contributed by atoms with Crippen LogP contribution in [0.5, 0.6) is 5.75 Å². The van der Waals surface area contributed by atoms with E-state index in [-0.39, 0.29) is 29.7 Å². The van der Waals surface area contributed by atoms with Crippen LogP contribution in [-0.4, -0.2) is 38.2 Å². The normalized spacial score (nSPS) is 18.0. The molecule has 3 nitrogen and oxygen atoms in total. The van der Waals surface area contributed by atoms with Gasteiger partial charge in [0.05, 0.1) is 7.11 Å². The molecule has 0 spiro atoms. The van der Waals surface area contributed by atoms with Crippen molar-refractivity contribution in [2.24, 2.45) is 5.41 Å². The number of benzene rings is 1. The third kappa shape index (κ3) is 4.31. The summed E-state index contributed by atoms with van der Waals surface area (Å²) in [5.41, 5.74) is 1.21.